The van der Waals surface area contributed by atoms with E-state index in [1.54, 1.807) is 18.2 Å². The molecule has 0 atom stereocenters. The molecule has 2 aliphatic heterocycles. The highest BCUT2D eigenvalue weighted by atomic mass is 16.2. The van der Waals surface area contributed by atoms with Crippen molar-refractivity contribution in [3.05, 3.63) is 60.2 Å². The maximum absolute atomic E-state index is 12.9. The fraction of sp³-hybridized carbons (Fsp3) is 0.346. The molecule has 2 saturated heterocycles. The number of likely N-dealkylation sites (tertiary alicyclic amines) is 1. The lowest BCUT2D eigenvalue weighted by molar-refractivity contribution is -0.134. The molecular weight excluding hydrogens is 456 g/mol. The Bertz CT molecular complexity index is 1440. The lowest BCUT2D eigenvalue weighted by atomic mass is 10.00. The number of aromatic nitrogens is 4. The van der Waals surface area contributed by atoms with Crippen LogP contribution >= 0.6 is 0 Å². The number of rotatable bonds is 6. The van der Waals surface area contributed by atoms with Gasteiger partial charge in [-0.1, -0.05) is 23.4 Å². The van der Waals surface area contributed by atoms with E-state index in [0.29, 0.717) is 37.7 Å². The molecule has 36 heavy (non-hydrogen) atoms. The van der Waals surface area contributed by atoms with Gasteiger partial charge in [-0.25, -0.2) is 9.67 Å². The van der Waals surface area contributed by atoms with Crippen molar-refractivity contribution in [2.24, 2.45) is 11.7 Å². The SMILES string of the molecule is NC(=O)c1ccc2nnn(CC3CN(CC(=O)N4CCN(c5ccc6ccccc6n5)CC4)C3)c2c1. The largest absolute Gasteiger partial charge is 0.366 e. The second kappa shape index (κ2) is 9.19. The number of primary amides is 1. The average Bonchev–Trinajstić information content (AvgIpc) is 3.29. The monoisotopic (exact) mass is 484 g/mol. The molecular formula is C26H28N8O2. The van der Waals surface area contributed by atoms with Crippen LogP contribution in [0, 0.1) is 5.92 Å². The third-order valence-corrected chi connectivity index (χ3v) is 7.16. The number of anilines is 1. The van der Waals surface area contributed by atoms with Crippen LogP contribution in [0.5, 0.6) is 0 Å². The molecule has 6 rings (SSSR count). The molecule has 0 aliphatic carbocycles. The van der Waals surface area contributed by atoms with Crippen molar-refractivity contribution >= 4 is 39.6 Å². The summed E-state index contributed by atoms with van der Waals surface area (Å²) in [7, 11) is 0. The summed E-state index contributed by atoms with van der Waals surface area (Å²) in [6.45, 7) is 5.79. The summed E-state index contributed by atoms with van der Waals surface area (Å²) >= 11 is 0. The Kier molecular flexibility index (Phi) is 5.73. The topological polar surface area (TPSA) is 113 Å². The van der Waals surface area contributed by atoms with Crippen molar-refractivity contribution < 1.29 is 9.59 Å². The summed E-state index contributed by atoms with van der Waals surface area (Å²) in [4.78, 5) is 35.6. The molecule has 4 heterocycles. The fourth-order valence-electron chi connectivity index (χ4n) is 5.13. The van der Waals surface area contributed by atoms with Gasteiger partial charge in [0, 0.05) is 62.7 Å². The molecule has 10 heteroatoms. The van der Waals surface area contributed by atoms with E-state index >= 15 is 0 Å². The summed E-state index contributed by atoms with van der Waals surface area (Å²) in [5.41, 5.74) is 8.39. The first kappa shape index (κ1) is 22.4. The Morgan fingerprint density at radius 3 is 2.56 bits per heavy atom. The lowest BCUT2D eigenvalue weighted by Crippen LogP contribution is -2.55. The number of nitrogens with two attached hydrogens (primary N) is 1. The number of carbonyl (C=O) groups is 2. The molecule has 2 aliphatic rings. The molecule has 0 radical (unpaired) electrons. The first-order valence-corrected chi connectivity index (χ1v) is 12.3. The van der Waals surface area contributed by atoms with E-state index in [0.717, 1.165) is 53.9 Å². The van der Waals surface area contributed by atoms with Crippen LogP contribution in [0.3, 0.4) is 0 Å². The third-order valence-electron chi connectivity index (χ3n) is 7.16. The van der Waals surface area contributed by atoms with Crippen LogP contribution < -0.4 is 10.6 Å². The van der Waals surface area contributed by atoms with Crippen molar-refractivity contribution in [1.82, 2.24) is 29.8 Å². The van der Waals surface area contributed by atoms with Gasteiger partial charge >= 0.3 is 0 Å². The minimum absolute atomic E-state index is 0.178. The van der Waals surface area contributed by atoms with E-state index < -0.39 is 5.91 Å². The van der Waals surface area contributed by atoms with E-state index in [2.05, 4.69) is 38.3 Å². The summed E-state index contributed by atoms with van der Waals surface area (Å²) in [5, 5.41) is 9.55. The van der Waals surface area contributed by atoms with Gasteiger partial charge in [-0.3, -0.25) is 14.5 Å². The molecule has 0 saturated carbocycles. The Morgan fingerprint density at radius 2 is 1.75 bits per heavy atom. The molecule has 0 spiro atoms. The molecule has 2 aromatic heterocycles. The molecule has 2 fully saturated rings. The lowest BCUT2D eigenvalue weighted by Gasteiger charge is -2.41. The molecule has 0 unspecified atom stereocenters. The van der Waals surface area contributed by atoms with Crippen LogP contribution in [0.1, 0.15) is 10.4 Å². The Morgan fingerprint density at radius 1 is 0.944 bits per heavy atom. The molecule has 2 aromatic carbocycles. The van der Waals surface area contributed by atoms with Crippen LogP contribution in [0.25, 0.3) is 21.9 Å². The molecule has 184 valence electrons. The van der Waals surface area contributed by atoms with Crippen LogP contribution in [-0.4, -0.2) is 87.4 Å². The van der Waals surface area contributed by atoms with Crippen LogP contribution in [0.15, 0.2) is 54.6 Å². The molecule has 0 bridgehead atoms. The van der Waals surface area contributed by atoms with E-state index in [1.165, 1.54) is 0 Å². The van der Waals surface area contributed by atoms with Gasteiger partial charge in [-0.15, -0.1) is 5.10 Å². The zero-order valence-electron chi connectivity index (χ0n) is 20.0. The van der Waals surface area contributed by atoms with Crippen molar-refractivity contribution in [2.75, 3.05) is 50.7 Å². The third kappa shape index (κ3) is 4.35. The number of amides is 2. The summed E-state index contributed by atoms with van der Waals surface area (Å²) in [5.74, 6) is 1.06. The number of para-hydroxylation sites is 1. The molecule has 4 aromatic rings. The normalized spacial score (nSPS) is 17.0. The Balaban J connectivity index is 0.988. The predicted octanol–water partition coefficient (Wildman–Crippen LogP) is 1.36. The van der Waals surface area contributed by atoms with Crippen molar-refractivity contribution in [3.63, 3.8) is 0 Å². The fourth-order valence-corrected chi connectivity index (χ4v) is 5.13. The number of piperazine rings is 1. The van der Waals surface area contributed by atoms with Crippen molar-refractivity contribution in [1.29, 1.82) is 0 Å². The second-order valence-electron chi connectivity index (χ2n) is 9.63. The Labute approximate surface area is 208 Å². The second-order valence-corrected chi connectivity index (χ2v) is 9.63. The van der Waals surface area contributed by atoms with Crippen LogP contribution in [0.2, 0.25) is 0 Å². The highest BCUT2D eigenvalue weighted by Crippen LogP contribution is 2.22. The number of pyridine rings is 1. The van der Waals surface area contributed by atoms with Crippen LogP contribution in [0.4, 0.5) is 5.82 Å². The molecule has 2 amide bonds. The summed E-state index contributed by atoms with van der Waals surface area (Å²) in [6.07, 6.45) is 0. The number of benzene rings is 2. The van der Waals surface area contributed by atoms with Crippen LogP contribution in [-0.2, 0) is 11.3 Å². The van der Waals surface area contributed by atoms with E-state index in [-0.39, 0.29) is 5.91 Å². The zero-order chi connectivity index (χ0) is 24.6. The van der Waals surface area contributed by atoms with Gasteiger partial charge in [0.2, 0.25) is 11.8 Å². The first-order valence-electron chi connectivity index (χ1n) is 12.3. The highest BCUT2D eigenvalue weighted by molar-refractivity contribution is 5.96. The maximum Gasteiger partial charge on any atom is 0.248 e. The first-order chi connectivity index (χ1) is 17.5. The van der Waals surface area contributed by atoms with Gasteiger partial charge in [-0.05, 0) is 36.4 Å². The smallest absolute Gasteiger partial charge is 0.248 e. The van der Waals surface area contributed by atoms with Gasteiger partial charge in [-0.2, -0.15) is 0 Å². The van der Waals surface area contributed by atoms with Gasteiger partial charge in [0.25, 0.3) is 0 Å². The number of hydrogen-bond donors (Lipinski definition) is 1. The van der Waals surface area contributed by atoms with Crippen molar-refractivity contribution in [3.8, 4) is 0 Å². The summed E-state index contributed by atoms with van der Waals surface area (Å²) in [6, 6.07) is 17.5. The van der Waals surface area contributed by atoms with Gasteiger partial charge < -0.3 is 15.5 Å². The van der Waals surface area contributed by atoms with Gasteiger partial charge in [0.05, 0.1) is 17.6 Å². The highest BCUT2D eigenvalue weighted by Gasteiger charge is 2.31. The molecule has 10 nitrogen and oxygen atoms in total. The summed E-state index contributed by atoms with van der Waals surface area (Å²) < 4.78 is 1.83. The van der Waals surface area contributed by atoms with E-state index in [4.69, 9.17) is 10.7 Å². The van der Waals surface area contributed by atoms with Gasteiger partial charge in [0.15, 0.2) is 0 Å². The quantitative estimate of drug-likeness (QED) is 0.440. The number of hydrogen-bond acceptors (Lipinski definition) is 7. The van der Waals surface area contributed by atoms with Crippen molar-refractivity contribution in [2.45, 2.75) is 6.54 Å². The minimum atomic E-state index is -0.465. The van der Waals surface area contributed by atoms with Gasteiger partial charge in [0.1, 0.15) is 11.3 Å². The Hall–Kier alpha value is -4.05. The number of nitrogens with zero attached hydrogens (tertiary/aromatic N) is 7. The maximum atomic E-state index is 12.9. The predicted molar refractivity (Wildman–Crippen MR) is 137 cm³/mol. The number of fused-ring (bicyclic) bond motifs is 2. The molecule has 2 N–H and O–H groups in total. The standard InChI is InChI=1S/C26H28N8O2/c27-26(36)20-5-7-22-23(13-20)34(30-29-22)16-18-14-31(15-18)17-25(35)33-11-9-32(10-12-33)24-8-6-19-3-1-2-4-21(19)28-24/h1-8,13,18H,9-12,14-17H2,(H2,27,36). The average molecular weight is 485 g/mol. The van der Waals surface area contributed by atoms with E-state index in [1.807, 2.05) is 27.8 Å². The van der Waals surface area contributed by atoms with E-state index in [9.17, 15) is 9.59 Å². The number of carbonyl (C=O) groups excluding carboxylic acids is 2. The minimum Gasteiger partial charge on any atom is -0.366 e. The zero-order valence-corrected chi connectivity index (χ0v) is 20.0.